The van der Waals surface area contributed by atoms with Gasteiger partial charge >= 0.3 is 7.12 Å². The molecule has 0 aromatic heterocycles. The molecule has 0 saturated heterocycles. The fourth-order valence-corrected chi connectivity index (χ4v) is 12.7. The molecule has 76 heavy (non-hydrogen) atoms. The predicted octanol–water partition coefficient (Wildman–Crippen LogP) is 21.7. The van der Waals surface area contributed by atoms with E-state index in [0.717, 1.165) is 24.3 Å². The van der Waals surface area contributed by atoms with E-state index < -0.39 is 7.12 Å². The third kappa shape index (κ3) is 30.9. The van der Waals surface area contributed by atoms with Crippen molar-refractivity contribution in [2.75, 3.05) is 12.8 Å². The van der Waals surface area contributed by atoms with Gasteiger partial charge in [0, 0.05) is 13.1 Å². The van der Waals surface area contributed by atoms with E-state index in [2.05, 4.69) is 73.1 Å². The summed E-state index contributed by atoms with van der Waals surface area (Å²) in [5.74, 6) is 1.06. The fourth-order valence-electron chi connectivity index (χ4n) is 12.5. The number of thiol groups is 1. The van der Waals surface area contributed by atoms with E-state index in [1.807, 2.05) is 24.3 Å². The molecule has 0 aliphatic rings. The molecule has 0 saturated carbocycles. The van der Waals surface area contributed by atoms with Crippen molar-refractivity contribution in [2.45, 2.75) is 315 Å². The van der Waals surface area contributed by atoms with Gasteiger partial charge in [0.1, 0.15) is 0 Å². The van der Waals surface area contributed by atoms with Crippen LogP contribution in [-0.4, -0.2) is 34.9 Å². The van der Waals surface area contributed by atoms with E-state index in [9.17, 15) is 10.0 Å². The maximum atomic E-state index is 9.95. The number of benzene rings is 4. The Labute approximate surface area is 476 Å². The zero-order valence-corrected chi connectivity index (χ0v) is 50.5. The Morgan fingerprint density at radius 3 is 0.816 bits per heavy atom. The van der Waals surface area contributed by atoms with E-state index >= 15 is 0 Å². The Balaban J connectivity index is 0.839. The van der Waals surface area contributed by atoms with E-state index in [1.165, 1.54) is 328 Å². The zero-order valence-electron chi connectivity index (χ0n) is 49.6. The van der Waals surface area contributed by atoms with Gasteiger partial charge in [-0.1, -0.05) is 355 Å². The number of aryl methyl sites for hydroxylation is 1. The van der Waals surface area contributed by atoms with Crippen LogP contribution in [0.2, 0.25) is 0 Å². The molecule has 4 aromatic carbocycles. The van der Waals surface area contributed by atoms with E-state index in [1.54, 1.807) is 0 Å². The smallest absolute Gasteiger partial charge is 0.423 e. The first-order chi connectivity index (χ1) is 37.6. The number of fused-ring (bicyclic) bond motifs is 2. The van der Waals surface area contributed by atoms with Gasteiger partial charge in [-0.25, -0.2) is 0 Å². The topological polar surface area (TPSA) is 43.7 Å². The lowest BCUT2D eigenvalue weighted by Gasteiger charge is -2.23. The Morgan fingerprint density at radius 2 is 0.539 bits per heavy atom. The second kappa shape index (κ2) is 46.4. The number of unbranched alkanes of at least 4 members (excludes halogenated alkanes) is 45. The molecule has 0 unspecified atom stereocenters. The second-order valence-electron chi connectivity index (χ2n) is 24.0. The number of nitrogens with zero attached hydrogens (tertiary/aromatic N) is 1. The summed E-state index contributed by atoms with van der Waals surface area (Å²) in [6, 6.07) is 25.6. The highest BCUT2D eigenvalue weighted by Crippen LogP contribution is 2.35. The van der Waals surface area contributed by atoms with Crippen LogP contribution >= 0.6 is 12.6 Å². The van der Waals surface area contributed by atoms with Gasteiger partial charge in [0.05, 0.1) is 0 Å². The second-order valence-corrected chi connectivity index (χ2v) is 24.5. The minimum atomic E-state index is -1.46. The molecule has 0 fully saturated rings. The minimum absolute atomic E-state index is 0.580. The predicted molar refractivity (Wildman–Crippen MR) is 343 cm³/mol. The largest absolute Gasteiger partial charge is 0.488 e. The number of rotatable bonds is 53. The summed E-state index contributed by atoms with van der Waals surface area (Å²) in [6.07, 6.45) is 67.7. The minimum Gasteiger partial charge on any atom is -0.423 e. The average Bonchev–Trinajstić information content (AvgIpc) is 3.45. The zero-order chi connectivity index (χ0) is 53.6. The van der Waals surface area contributed by atoms with Crippen LogP contribution in [0.5, 0.6) is 0 Å². The highest BCUT2D eigenvalue weighted by molar-refractivity contribution is 7.80. The van der Waals surface area contributed by atoms with Crippen molar-refractivity contribution in [2.24, 2.45) is 0 Å². The van der Waals surface area contributed by atoms with Crippen molar-refractivity contribution >= 4 is 46.8 Å². The van der Waals surface area contributed by atoms with Crippen molar-refractivity contribution < 1.29 is 10.0 Å². The van der Waals surface area contributed by atoms with Gasteiger partial charge in [-0.3, -0.25) is 4.90 Å². The lowest BCUT2D eigenvalue weighted by molar-refractivity contribution is 0.321. The summed E-state index contributed by atoms with van der Waals surface area (Å²) in [5.41, 5.74) is 4.38. The molecule has 0 bridgehead atoms. The first-order valence-electron chi connectivity index (χ1n) is 33.2. The first kappa shape index (κ1) is 66.2. The lowest BCUT2D eigenvalue weighted by Crippen LogP contribution is -2.35. The highest BCUT2D eigenvalue weighted by Gasteiger charge is 2.19. The summed E-state index contributed by atoms with van der Waals surface area (Å²) in [5, 5.41) is 25.4. The third-order valence-corrected chi connectivity index (χ3v) is 17.5. The van der Waals surface area contributed by atoms with Crippen molar-refractivity contribution in [1.82, 2.24) is 4.90 Å². The van der Waals surface area contributed by atoms with Crippen LogP contribution in [-0.2, 0) is 19.5 Å². The Morgan fingerprint density at radius 1 is 0.303 bits per heavy atom. The summed E-state index contributed by atoms with van der Waals surface area (Å²) < 4.78 is 0. The maximum absolute atomic E-state index is 9.95. The normalized spacial score (nSPS) is 11.8. The van der Waals surface area contributed by atoms with Crippen LogP contribution in [0, 0.1) is 0 Å². The molecule has 3 nitrogen and oxygen atoms in total. The van der Waals surface area contributed by atoms with Crippen LogP contribution in [0.4, 0.5) is 0 Å². The van der Waals surface area contributed by atoms with Crippen molar-refractivity contribution in [3.8, 4) is 0 Å². The monoisotopic (exact) mass is 1060 g/mol. The van der Waals surface area contributed by atoms with Crippen LogP contribution in [0.25, 0.3) is 21.5 Å². The number of hydrogen-bond acceptors (Lipinski definition) is 4. The van der Waals surface area contributed by atoms with Crippen molar-refractivity contribution in [3.63, 3.8) is 0 Å². The van der Waals surface area contributed by atoms with Crippen molar-refractivity contribution in [3.05, 3.63) is 89.5 Å². The third-order valence-electron chi connectivity index (χ3n) is 17.2. The molecule has 0 aliphatic carbocycles. The van der Waals surface area contributed by atoms with Gasteiger partial charge < -0.3 is 10.0 Å². The Hall–Kier alpha value is -2.31. The first-order valence-corrected chi connectivity index (χ1v) is 33.9. The summed E-state index contributed by atoms with van der Waals surface area (Å²) in [7, 11) is 0.669. The van der Waals surface area contributed by atoms with Crippen LogP contribution in [0.3, 0.4) is 0 Å². The van der Waals surface area contributed by atoms with E-state index in [4.69, 9.17) is 0 Å². The molecule has 0 heterocycles. The van der Waals surface area contributed by atoms with Gasteiger partial charge in [0.15, 0.2) is 0 Å². The Bertz CT molecular complexity index is 1890. The standard InChI is InChI=1S/C71H118BNO2S/c1-73(62-64-54-47-52-60-71(64)72(74)75)63-70-68-58-50-48-56-66(68)65(67-57-49-51-59-69(67)70)55-46-44-42-40-38-36-34-32-30-28-26-24-22-20-18-16-14-12-10-8-6-4-2-3-5-7-9-11-13-15-17-19-21-23-25-27-29-31-33-35-37-39-41-43-45-53-61-76/h47-52,54,56-60,74-76H,2-46,53,55,61-63H2,1H3. The SMILES string of the molecule is CN(Cc1ccccc1B(O)O)Cc1c2ccccc2c(CCCCCCCCCCCCCCCCCCCCCCCCCCCCCCCCCCCCCCCCCCCCCCCCS)c2ccccc12. The van der Waals surface area contributed by atoms with Gasteiger partial charge in [-0.2, -0.15) is 12.6 Å². The molecular weight excluding hydrogens is 942 g/mol. The fraction of sp³-hybridized carbons (Fsp3) is 0.718. The van der Waals surface area contributed by atoms with Gasteiger partial charge in [-0.05, 0) is 75.8 Å². The molecule has 0 atom stereocenters. The highest BCUT2D eigenvalue weighted by atomic mass is 32.1. The van der Waals surface area contributed by atoms with Gasteiger partial charge in [0.25, 0.3) is 0 Å². The lowest BCUT2D eigenvalue weighted by atomic mass is 9.77. The molecule has 4 rings (SSSR count). The quantitative estimate of drug-likeness (QED) is 0.0179. The van der Waals surface area contributed by atoms with Crippen LogP contribution < -0.4 is 5.46 Å². The molecular formula is C71H118BNO2S. The van der Waals surface area contributed by atoms with Gasteiger partial charge in [0.2, 0.25) is 0 Å². The molecule has 2 N–H and O–H groups in total. The van der Waals surface area contributed by atoms with E-state index in [-0.39, 0.29) is 0 Å². The van der Waals surface area contributed by atoms with Crippen LogP contribution in [0.15, 0.2) is 72.8 Å². The summed E-state index contributed by atoms with van der Waals surface area (Å²) >= 11 is 4.31. The maximum Gasteiger partial charge on any atom is 0.488 e. The molecule has 0 aliphatic heterocycles. The Kier molecular flexibility index (Phi) is 40.5. The average molecular weight is 1060 g/mol. The molecule has 0 amide bonds. The molecule has 5 heteroatoms. The summed E-state index contributed by atoms with van der Waals surface area (Å²) in [4.78, 5) is 2.29. The molecule has 428 valence electrons. The van der Waals surface area contributed by atoms with E-state index in [0.29, 0.717) is 12.0 Å². The van der Waals surface area contributed by atoms with Crippen molar-refractivity contribution in [1.29, 1.82) is 0 Å². The molecule has 0 radical (unpaired) electrons. The number of hydrogen-bond donors (Lipinski definition) is 3. The van der Waals surface area contributed by atoms with Gasteiger partial charge in [-0.15, -0.1) is 0 Å². The molecule has 0 spiro atoms. The molecule has 4 aromatic rings. The summed E-state index contributed by atoms with van der Waals surface area (Å²) in [6.45, 7) is 1.44. The van der Waals surface area contributed by atoms with Crippen LogP contribution in [0.1, 0.15) is 312 Å².